The molecule has 0 heterocycles. The molecule has 4 heteroatoms. The number of rotatable bonds is 6. The van der Waals surface area contributed by atoms with Crippen LogP contribution >= 0.6 is 23.4 Å². The zero-order valence-electron chi connectivity index (χ0n) is 8.63. The highest BCUT2D eigenvalue weighted by atomic mass is 35.5. The zero-order chi connectivity index (χ0) is 11.1. The van der Waals surface area contributed by atoms with Crippen molar-refractivity contribution in [1.29, 1.82) is 0 Å². The Morgan fingerprint density at radius 2 is 2.27 bits per heavy atom. The molecule has 0 saturated heterocycles. The molecule has 1 rings (SSSR count). The summed E-state index contributed by atoms with van der Waals surface area (Å²) in [6.45, 7) is 0.649. The first-order valence-corrected chi connectivity index (χ1v) is 6.67. The average Bonchev–Trinajstić information content (AvgIpc) is 2.26. The van der Waals surface area contributed by atoms with Gasteiger partial charge in [0.1, 0.15) is 11.6 Å². The Kier molecular flexibility index (Phi) is 5.88. The predicted molar refractivity (Wildman–Crippen MR) is 64.5 cm³/mol. The van der Waals surface area contributed by atoms with Gasteiger partial charge in [0.2, 0.25) is 0 Å². The molecule has 0 atom stereocenters. The molecule has 84 valence electrons. The Morgan fingerprint density at radius 1 is 1.47 bits per heavy atom. The Bertz CT molecular complexity index is 307. The van der Waals surface area contributed by atoms with Crippen LogP contribution in [-0.4, -0.2) is 18.6 Å². The van der Waals surface area contributed by atoms with Gasteiger partial charge in [-0.2, -0.15) is 11.8 Å². The fourth-order valence-corrected chi connectivity index (χ4v) is 1.79. The highest BCUT2D eigenvalue weighted by Gasteiger charge is 2.03. The van der Waals surface area contributed by atoms with Gasteiger partial charge >= 0.3 is 0 Å². The van der Waals surface area contributed by atoms with E-state index in [1.165, 1.54) is 12.1 Å². The molecule has 1 nitrogen and oxygen atoms in total. The summed E-state index contributed by atoms with van der Waals surface area (Å²) in [6.07, 6.45) is 3.04. The van der Waals surface area contributed by atoms with E-state index in [1.807, 2.05) is 0 Å². The van der Waals surface area contributed by atoms with Crippen molar-refractivity contribution in [2.75, 3.05) is 18.6 Å². The van der Waals surface area contributed by atoms with Gasteiger partial charge in [0.05, 0.1) is 12.5 Å². The van der Waals surface area contributed by atoms with E-state index in [4.69, 9.17) is 16.3 Å². The van der Waals surface area contributed by atoms with E-state index in [0.717, 1.165) is 12.2 Å². The van der Waals surface area contributed by atoms with E-state index in [9.17, 15) is 4.39 Å². The molecule has 15 heavy (non-hydrogen) atoms. The maximum Gasteiger partial charge on any atom is 0.123 e. The molecule has 0 unspecified atom stereocenters. The van der Waals surface area contributed by atoms with Crippen molar-refractivity contribution in [2.24, 2.45) is 0 Å². The third-order valence-corrected chi connectivity index (χ3v) is 2.90. The molecular weight excluding hydrogens is 235 g/mol. The normalized spacial score (nSPS) is 10.3. The summed E-state index contributed by atoms with van der Waals surface area (Å²) in [4.78, 5) is 0. The second-order valence-corrected chi connectivity index (χ2v) is 4.33. The van der Waals surface area contributed by atoms with E-state index < -0.39 is 0 Å². The van der Waals surface area contributed by atoms with Crippen LogP contribution in [-0.2, 0) is 5.88 Å². The lowest BCUT2D eigenvalue weighted by molar-refractivity contribution is 0.316. The van der Waals surface area contributed by atoms with Gasteiger partial charge in [0, 0.05) is 5.56 Å². The number of benzene rings is 1. The lowest BCUT2D eigenvalue weighted by Crippen LogP contribution is -2.01. The number of halogens is 2. The van der Waals surface area contributed by atoms with Crippen LogP contribution in [0.15, 0.2) is 18.2 Å². The first kappa shape index (κ1) is 12.7. The second-order valence-electron chi connectivity index (χ2n) is 3.08. The topological polar surface area (TPSA) is 9.23 Å². The van der Waals surface area contributed by atoms with Gasteiger partial charge in [-0.1, -0.05) is 0 Å². The van der Waals surface area contributed by atoms with Crippen LogP contribution in [0.5, 0.6) is 5.75 Å². The summed E-state index contributed by atoms with van der Waals surface area (Å²) in [7, 11) is 0. The monoisotopic (exact) mass is 248 g/mol. The summed E-state index contributed by atoms with van der Waals surface area (Å²) in [5, 5.41) is 0. The molecule has 0 N–H and O–H groups in total. The minimum Gasteiger partial charge on any atom is -0.493 e. The molecule has 0 amide bonds. The zero-order valence-corrected chi connectivity index (χ0v) is 10.2. The molecular formula is C11H14ClFOS. The molecule has 0 aliphatic carbocycles. The Hall–Kier alpha value is -0.410. The average molecular weight is 249 g/mol. The number of alkyl halides is 1. The van der Waals surface area contributed by atoms with E-state index in [2.05, 4.69) is 6.26 Å². The number of hydrogen-bond donors (Lipinski definition) is 0. The third kappa shape index (κ3) is 4.31. The molecule has 0 aliphatic heterocycles. The molecule has 0 fully saturated rings. The fraction of sp³-hybridized carbons (Fsp3) is 0.455. The largest absolute Gasteiger partial charge is 0.493 e. The Labute approximate surface area is 99.0 Å². The Balaban J connectivity index is 2.52. The van der Waals surface area contributed by atoms with Crippen molar-refractivity contribution in [3.05, 3.63) is 29.6 Å². The van der Waals surface area contributed by atoms with Crippen LogP contribution in [0, 0.1) is 5.82 Å². The highest BCUT2D eigenvalue weighted by molar-refractivity contribution is 7.98. The molecule has 0 aliphatic rings. The van der Waals surface area contributed by atoms with Crippen LogP contribution in [0.2, 0.25) is 0 Å². The highest BCUT2D eigenvalue weighted by Crippen LogP contribution is 2.21. The lowest BCUT2D eigenvalue weighted by atomic mass is 10.2. The van der Waals surface area contributed by atoms with Crippen LogP contribution in [0.3, 0.4) is 0 Å². The van der Waals surface area contributed by atoms with Gasteiger partial charge in [-0.25, -0.2) is 4.39 Å². The standard InChI is InChI=1S/C11H14ClFOS/c1-15-6-2-5-14-11-4-3-10(13)7-9(11)8-12/h3-4,7H,2,5-6,8H2,1H3. The fourth-order valence-electron chi connectivity index (χ4n) is 1.18. The third-order valence-electron chi connectivity index (χ3n) is 1.92. The van der Waals surface area contributed by atoms with Gasteiger partial charge in [-0.15, -0.1) is 11.6 Å². The van der Waals surface area contributed by atoms with Gasteiger partial charge in [-0.05, 0) is 36.6 Å². The van der Waals surface area contributed by atoms with E-state index >= 15 is 0 Å². The number of hydrogen-bond acceptors (Lipinski definition) is 2. The molecule has 0 aromatic heterocycles. The van der Waals surface area contributed by atoms with Crippen molar-refractivity contribution in [3.63, 3.8) is 0 Å². The van der Waals surface area contributed by atoms with E-state index in [0.29, 0.717) is 17.9 Å². The van der Waals surface area contributed by atoms with Crippen LogP contribution < -0.4 is 4.74 Å². The molecule has 0 saturated carbocycles. The van der Waals surface area contributed by atoms with Gasteiger partial charge < -0.3 is 4.74 Å². The molecule has 1 aromatic carbocycles. The lowest BCUT2D eigenvalue weighted by Gasteiger charge is -2.09. The van der Waals surface area contributed by atoms with Crippen LogP contribution in [0.25, 0.3) is 0 Å². The SMILES string of the molecule is CSCCCOc1ccc(F)cc1CCl. The quantitative estimate of drug-likeness (QED) is 0.561. The second kappa shape index (κ2) is 6.96. The minimum atomic E-state index is -0.276. The van der Waals surface area contributed by atoms with Crippen molar-refractivity contribution < 1.29 is 9.13 Å². The van der Waals surface area contributed by atoms with Crippen molar-refractivity contribution in [2.45, 2.75) is 12.3 Å². The minimum absolute atomic E-state index is 0.273. The van der Waals surface area contributed by atoms with Crippen molar-refractivity contribution in [1.82, 2.24) is 0 Å². The van der Waals surface area contributed by atoms with Crippen molar-refractivity contribution >= 4 is 23.4 Å². The predicted octanol–water partition coefficient (Wildman–Crippen LogP) is 3.70. The number of thioether (sulfide) groups is 1. The first-order chi connectivity index (χ1) is 7.27. The summed E-state index contributed by atoms with van der Waals surface area (Å²) >= 11 is 7.48. The first-order valence-electron chi connectivity index (χ1n) is 4.74. The maximum atomic E-state index is 12.9. The van der Waals surface area contributed by atoms with Gasteiger partial charge in [-0.3, -0.25) is 0 Å². The van der Waals surface area contributed by atoms with Gasteiger partial charge in [0.15, 0.2) is 0 Å². The molecule has 0 radical (unpaired) electrons. The molecule has 1 aromatic rings. The van der Waals surface area contributed by atoms with E-state index in [-0.39, 0.29) is 11.7 Å². The van der Waals surface area contributed by atoms with Crippen LogP contribution in [0.1, 0.15) is 12.0 Å². The van der Waals surface area contributed by atoms with E-state index in [1.54, 1.807) is 17.8 Å². The maximum absolute atomic E-state index is 12.9. The smallest absolute Gasteiger partial charge is 0.123 e. The summed E-state index contributed by atoms with van der Waals surface area (Å²) in [6, 6.07) is 4.43. The number of ether oxygens (including phenoxy) is 1. The van der Waals surface area contributed by atoms with Gasteiger partial charge in [0.25, 0.3) is 0 Å². The molecule has 0 bridgehead atoms. The Morgan fingerprint density at radius 3 is 2.93 bits per heavy atom. The summed E-state index contributed by atoms with van der Waals surface area (Å²) in [5.74, 6) is 1.75. The molecule has 0 spiro atoms. The summed E-state index contributed by atoms with van der Waals surface area (Å²) in [5.41, 5.74) is 0.709. The summed E-state index contributed by atoms with van der Waals surface area (Å²) < 4.78 is 18.4. The van der Waals surface area contributed by atoms with Crippen LogP contribution in [0.4, 0.5) is 4.39 Å². The van der Waals surface area contributed by atoms with Crippen molar-refractivity contribution in [3.8, 4) is 5.75 Å².